The fourth-order valence-corrected chi connectivity index (χ4v) is 5.07. The lowest BCUT2D eigenvalue weighted by Crippen LogP contribution is -2.58. The Balaban J connectivity index is 1.57. The maximum Gasteiger partial charge on any atom is 0.256 e. The number of ether oxygens (including phenoxy) is 1. The molecule has 0 aliphatic carbocycles. The lowest BCUT2D eigenvalue weighted by atomic mass is 9.83. The SMILES string of the molecule is COc1ccc(CC(=O)N2CCN3C(=O)c4ccccc4CC23c2ccc(Cl)cc2)cc1. The van der Waals surface area contributed by atoms with E-state index in [2.05, 4.69) is 0 Å². The number of halogens is 1. The number of carbonyl (C=O) groups excluding carboxylic acids is 2. The number of amides is 2. The molecule has 32 heavy (non-hydrogen) atoms. The Morgan fingerprint density at radius 3 is 2.44 bits per heavy atom. The van der Waals surface area contributed by atoms with E-state index in [1.54, 1.807) is 7.11 Å². The summed E-state index contributed by atoms with van der Waals surface area (Å²) in [6.45, 7) is 0.974. The number of fused-ring (bicyclic) bond motifs is 2. The van der Waals surface area contributed by atoms with Gasteiger partial charge in [0.05, 0.1) is 13.5 Å². The minimum Gasteiger partial charge on any atom is -0.497 e. The summed E-state index contributed by atoms with van der Waals surface area (Å²) < 4.78 is 5.22. The van der Waals surface area contributed by atoms with Crippen molar-refractivity contribution in [1.29, 1.82) is 0 Å². The molecule has 5 nitrogen and oxygen atoms in total. The van der Waals surface area contributed by atoms with Crippen LogP contribution in [0.4, 0.5) is 0 Å². The van der Waals surface area contributed by atoms with Crippen LogP contribution in [0.15, 0.2) is 72.8 Å². The number of methoxy groups -OCH3 is 1. The van der Waals surface area contributed by atoms with Gasteiger partial charge in [0.1, 0.15) is 11.4 Å². The smallest absolute Gasteiger partial charge is 0.256 e. The first-order chi connectivity index (χ1) is 15.5. The van der Waals surface area contributed by atoms with Crippen LogP contribution in [0.25, 0.3) is 0 Å². The topological polar surface area (TPSA) is 49.9 Å². The highest BCUT2D eigenvalue weighted by Crippen LogP contribution is 2.45. The van der Waals surface area contributed by atoms with E-state index in [-0.39, 0.29) is 18.2 Å². The van der Waals surface area contributed by atoms with Gasteiger partial charge in [-0.1, -0.05) is 54.1 Å². The van der Waals surface area contributed by atoms with Gasteiger partial charge >= 0.3 is 0 Å². The summed E-state index contributed by atoms with van der Waals surface area (Å²) in [6.07, 6.45) is 0.800. The van der Waals surface area contributed by atoms with Gasteiger partial charge in [-0.3, -0.25) is 9.59 Å². The lowest BCUT2D eigenvalue weighted by Gasteiger charge is -2.47. The van der Waals surface area contributed by atoms with Gasteiger partial charge in [-0.25, -0.2) is 0 Å². The van der Waals surface area contributed by atoms with Crippen LogP contribution in [-0.4, -0.2) is 41.8 Å². The highest BCUT2D eigenvalue weighted by molar-refractivity contribution is 6.30. The first kappa shape index (κ1) is 20.6. The Bertz CT molecular complexity index is 1180. The van der Waals surface area contributed by atoms with E-state index in [0.29, 0.717) is 30.1 Å². The minimum absolute atomic E-state index is 0.0141. The highest BCUT2D eigenvalue weighted by atomic mass is 35.5. The second kappa shape index (κ2) is 7.99. The maximum absolute atomic E-state index is 13.6. The number of nitrogens with zero attached hydrogens (tertiary/aromatic N) is 2. The van der Waals surface area contributed by atoms with Gasteiger partial charge in [0.15, 0.2) is 0 Å². The van der Waals surface area contributed by atoms with Gasteiger partial charge in [0, 0.05) is 30.1 Å². The maximum atomic E-state index is 13.6. The molecule has 1 unspecified atom stereocenters. The van der Waals surface area contributed by atoms with Crippen molar-refractivity contribution in [3.63, 3.8) is 0 Å². The van der Waals surface area contributed by atoms with Crippen molar-refractivity contribution < 1.29 is 14.3 Å². The molecule has 0 saturated carbocycles. The largest absolute Gasteiger partial charge is 0.497 e. The van der Waals surface area contributed by atoms with E-state index >= 15 is 0 Å². The molecule has 3 aromatic rings. The number of benzene rings is 3. The number of hydrogen-bond acceptors (Lipinski definition) is 3. The quantitative estimate of drug-likeness (QED) is 0.601. The molecule has 0 aromatic heterocycles. The van der Waals surface area contributed by atoms with Crippen LogP contribution in [-0.2, 0) is 23.3 Å². The first-order valence-corrected chi connectivity index (χ1v) is 11.0. The molecule has 0 spiro atoms. The van der Waals surface area contributed by atoms with Crippen LogP contribution >= 0.6 is 11.6 Å². The van der Waals surface area contributed by atoms with Crippen LogP contribution < -0.4 is 4.74 Å². The van der Waals surface area contributed by atoms with Crippen molar-refractivity contribution in [1.82, 2.24) is 9.80 Å². The highest BCUT2D eigenvalue weighted by Gasteiger charge is 2.55. The molecule has 1 atom stereocenters. The molecule has 2 heterocycles. The summed E-state index contributed by atoms with van der Waals surface area (Å²) in [5.74, 6) is 0.696. The zero-order valence-corrected chi connectivity index (χ0v) is 18.5. The van der Waals surface area contributed by atoms with Crippen LogP contribution in [0.5, 0.6) is 5.75 Å². The molecular formula is C26H23ClN2O3. The molecule has 1 saturated heterocycles. The number of carbonyl (C=O) groups is 2. The summed E-state index contributed by atoms with van der Waals surface area (Å²) in [7, 11) is 1.62. The van der Waals surface area contributed by atoms with Crippen LogP contribution in [0.1, 0.15) is 27.0 Å². The third kappa shape index (κ3) is 3.24. The van der Waals surface area contributed by atoms with Crippen molar-refractivity contribution >= 4 is 23.4 Å². The van der Waals surface area contributed by atoms with Crippen molar-refractivity contribution in [2.24, 2.45) is 0 Å². The Labute approximate surface area is 192 Å². The lowest BCUT2D eigenvalue weighted by molar-refractivity contribution is -0.138. The Morgan fingerprint density at radius 1 is 1.00 bits per heavy atom. The number of rotatable bonds is 4. The van der Waals surface area contributed by atoms with Gasteiger partial charge in [-0.05, 0) is 47.0 Å². The van der Waals surface area contributed by atoms with E-state index in [1.807, 2.05) is 82.6 Å². The van der Waals surface area contributed by atoms with Gasteiger partial charge in [-0.2, -0.15) is 0 Å². The molecule has 2 aliphatic rings. The van der Waals surface area contributed by atoms with E-state index in [4.69, 9.17) is 16.3 Å². The van der Waals surface area contributed by atoms with E-state index in [1.165, 1.54) is 0 Å². The van der Waals surface area contributed by atoms with Crippen molar-refractivity contribution in [3.05, 3.63) is 100 Å². The Hall–Kier alpha value is -3.31. The van der Waals surface area contributed by atoms with Crippen LogP contribution in [0.2, 0.25) is 5.02 Å². The van der Waals surface area contributed by atoms with Crippen LogP contribution in [0, 0.1) is 0 Å². The molecular weight excluding hydrogens is 424 g/mol. The molecule has 0 N–H and O–H groups in total. The summed E-state index contributed by atoms with van der Waals surface area (Å²) in [5.41, 5.74) is 2.60. The molecule has 5 rings (SSSR count). The Morgan fingerprint density at radius 2 is 1.72 bits per heavy atom. The molecule has 1 fully saturated rings. The fourth-order valence-electron chi connectivity index (χ4n) is 4.95. The summed E-state index contributed by atoms with van der Waals surface area (Å²) in [4.78, 5) is 30.8. The standard InChI is InChI=1S/C26H23ClN2O3/c1-32-22-12-6-18(7-13-22)16-24(30)28-14-15-29-25(31)23-5-3-2-4-19(23)17-26(28,29)20-8-10-21(27)11-9-20/h2-13H,14-17H2,1H3. The predicted molar refractivity (Wildman–Crippen MR) is 123 cm³/mol. The molecule has 0 bridgehead atoms. The summed E-state index contributed by atoms with van der Waals surface area (Å²) >= 11 is 6.16. The second-order valence-electron chi connectivity index (χ2n) is 8.18. The summed E-state index contributed by atoms with van der Waals surface area (Å²) in [5, 5.41) is 0.619. The summed E-state index contributed by atoms with van der Waals surface area (Å²) in [6, 6.07) is 22.7. The van der Waals surface area contributed by atoms with Gasteiger partial charge in [-0.15, -0.1) is 0 Å². The molecule has 2 aliphatic heterocycles. The van der Waals surface area contributed by atoms with E-state index in [0.717, 1.165) is 22.4 Å². The van der Waals surface area contributed by atoms with E-state index < -0.39 is 5.66 Å². The average molecular weight is 447 g/mol. The normalized spacial score (nSPS) is 19.5. The minimum atomic E-state index is -0.862. The third-order valence-electron chi connectivity index (χ3n) is 6.49. The predicted octanol–water partition coefficient (Wildman–Crippen LogP) is 4.28. The zero-order chi connectivity index (χ0) is 22.3. The zero-order valence-electron chi connectivity index (χ0n) is 17.8. The second-order valence-corrected chi connectivity index (χ2v) is 8.62. The van der Waals surface area contributed by atoms with Gasteiger partial charge in [0.25, 0.3) is 5.91 Å². The first-order valence-electron chi connectivity index (χ1n) is 10.6. The fraction of sp³-hybridized carbons (Fsp3) is 0.231. The molecule has 3 aromatic carbocycles. The Kier molecular flexibility index (Phi) is 5.14. The molecule has 6 heteroatoms. The molecule has 2 amide bonds. The van der Waals surface area contributed by atoms with Gasteiger partial charge in [0.2, 0.25) is 5.91 Å². The van der Waals surface area contributed by atoms with Gasteiger partial charge < -0.3 is 14.5 Å². The van der Waals surface area contributed by atoms with Crippen molar-refractivity contribution in [2.75, 3.05) is 20.2 Å². The molecule has 162 valence electrons. The van der Waals surface area contributed by atoms with Crippen molar-refractivity contribution in [2.45, 2.75) is 18.5 Å². The van der Waals surface area contributed by atoms with E-state index in [9.17, 15) is 9.59 Å². The monoisotopic (exact) mass is 446 g/mol. The molecule has 0 radical (unpaired) electrons. The third-order valence-corrected chi connectivity index (χ3v) is 6.74. The average Bonchev–Trinajstić information content (AvgIpc) is 3.21. The van der Waals surface area contributed by atoms with Crippen molar-refractivity contribution in [3.8, 4) is 5.75 Å². The van der Waals surface area contributed by atoms with Crippen LogP contribution in [0.3, 0.4) is 0 Å². The number of hydrogen-bond donors (Lipinski definition) is 0.